The van der Waals surface area contributed by atoms with Gasteiger partial charge in [0.25, 0.3) is 0 Å². The molecule has 3 aliphatic carbocycles. The summed E-state index contributed by atoms with van der Waals surface area (Å²) in [5, 5.41) is 22.2. The van der Waals surface area contributed by atoms with Crippen molar-refractivity contribution in [3.63, 3.8) is 0 Å². The predicted octanol–water partition coefficient (Wildman–Crippen LogP) is 6.05. The van der Waals surface area contributed by atoms with Gasteiger partial charge in [-0.3, -0.25) is 4.79 Å². The summed E-state index contributed by atoms with van der Waals surface area (Å²) in [6.45, 7) is 14.8. The van der Waals surface area contributed by atoms with Crippen molar-refractivity contribution >= 4 is 12.1 Å². The molecule has 2 fully saturated rings. The molecule has 34 heavy (non-hydrogen) atoms. The standard InChI is InChI=1S/C30H48O4/c1-19(2)15-22(32)16-20(3)23-12-14-30(7)25(18-31)26(33)17-24-21(9-8-13-29(23,30)6)10-11-27(34)28(24,4)5/h15,17-18,20-21,23,25-27,33-34H,8-14,16H2,1-7H3/b24-17+/t20-,21-,23?,25?,26?,27?,29?,30+/m1/s1. The lowest BCUT2D eigenvalue weighted by Crippen LogP contribution is -2.49. The van der Waals surface area contributed by atoms with E-state index in [1.807, 2.05) is 19.9 Å². The Kier molecular flexibility index (Phi) is 8.05. The summed E-state index contributed by atoms with van der Waals surface area (Å²) in [5.74, 6) is 0.604. The van der Waals surface area contributed by atoms with Crippen LogP contribution in [0.4, 0.5) is 0 Å². The second-order valence-electron chi connectivity index (χ2n) is 13.0. The van der Waals surface area contributed by atoms with Crippen LogP contribution in [0.15, 0.2) is 23.3 Å². The van der Waals surface area contributed by atoms with Crippen LogP contribution in [0.5, 0.6) is 0 Å². The van der Waals surface area contributed by atoms with Crippen LogP contribution in [0.25, 0.3) is 0 Å². The molecular weight excluding hydrogens is 424 g/mol. The molecule has 0 aromatic heterocycles. The number of hydrogen-bond donors (Lipinski definition) is 2. The summed E-state index contributed by atoms with van der Waals surface area (Å²) in [7, 11) is 0. The first kappa shape index (κ1) is 27.3. The van der Waals surface area contributed by atoms with E-state index in [4.69, 9.17) is 0 Å². The molecule has 0 aliphatic heterocycles. The Morgan fingerprint density at radius 2 is 1.74 bits per heavy atom. The zero-order chi connectivity index (χ0) is 25.5. The Bertz CT molecular complexity index is 835. The number of rotatable bonds is 5. The molecule has 3 aliphatic rings. The van der Waals surface area contributed by atoms with Crippen LogP contribution < -0.4 is 0 Å². The molecule has 192 valence electrons. The van der Waals surface area contributed by atoms with E-state index in [0.29, 0.717) is 18.3 Å². The fourth-order valence-electron chi connectivity index (χ4n) is 8.11. The SMILES string of the molecule is CC(C)=CC(=O)C[C@@H](C)C1CC[C@@]2(C)C(C=O)C(O)/C=C3\[C@H](CCCC12C)CCC(O)C3(C)C. The maximum atomic E-state index is 12.6. The van der Waals surface area contributed by atoms with Gasteiger partial charge in [-0.1, -0.05) is 58.3 Å². The Morgan fingerprint density at radius 1 is 1.06 bits per heavy atom. The lowest BCUT2D eigenvalue weighted by atomic mass is 9.53. The summed E-state index contributed by atoms with van der Waals surface area (Å²) < 4.78 is 0. The van der Waals surface area contributed by atoms with Crippen LogP contribution in [-0.4, -0.2) is 34.5 Å². The Hall–Kier alpha value is -1.26. The second-order valence-corrected chi connectivity index (χ2v) is 13.0. The number of aliphatic hydroxyl groups excluding tert-OH is 2. The van der Waals surface area contributed by atoms with Gasteiger partial charge in [0.2, 0.25) is 0 Å². The highest BCUT2D eigenvalue weighted by Crippen LogP contribution is 2.65. The molecule has 4 heteroatoms. The third-order valence-electron chi connectivity index (χ3n) is 10.4. The molecule has 0 aromatic carbocycles. The van der Waals surface area contributed by atoms with Gasteiger partial charge in [0.1, 0.15) is 6.29 Å². The van der Waals surface area contributed by atoms with E-state index < -0.39 is 23.5 Å². The third-order valence-corrected chi connectivity index (χ3v) is 10.4. The highest BCUT2D eigenvalue weighted by molar-refractivity contribution is 5.90. The number of fused-ring (bicyclic) bond motifs is 2. The second kappa shape index (κ2) is 10.0. The maximum absolute atomic E-state index is 12.6. The summed E-state index contributed by atoms with van der Waals surface area (Å²) in [6.07, 6.45) is 10.6. The molecule has 0 radical (unpaired) electrons. The number of aldehydes is 1. The molecule has 0 heterocycles. The molecule has 4 nitrogen and oxygen atoms in total. The van der Waals surface area contributed by atoms with Gasteiger partial charge in [-0.25, -0.2) is 0 Å². The monoisotopic (exact) mass is 472 g/mol. The fraction of sp³-hybridized carbons (Fsp3) is 0.800. The first-order chi connectivity index (χ1) is 15.8. The van der Waals surface area contributed by atoms with Crippen LogP contribution in [-0.2, 0) is 9.59 Å². The predicted molar refractivity (Wildman–Crippen MR) is 137 cm³/mol. The van der Waals surface area contributed by atoms with E-state index in [0.717, 1.165) is 62.4 Å². The van der Waals surface area contributed by atoms with Crippen molar-refractivity contribution in [2.24, 2.45) is 39.9 Å². The number of ketones is 1. The highest BCUT2D eigenvalue weighted by Gasteiger charge is 2.60. The molecule has 0 spiro atoms. The molecule has 3 rings (SSSR count). The molecule has 0 bridgehead atoms. The minimum atomic E-state index is -0.858. The Labute approximate surface area is 207 Å². The van der Waals surface area contributed by atoms with Crippen molar-refractivity contribution < 1.29 is 19.8 Å². The van der Waals surface area contributed by atoms with Crippen LogP contribution in [0.3, 0.4) is 0 Å². The largest absolute Gasteiger partial charge is 0.392 e. The van der Waals surface area contributed by atoms with Crippen molar-refractivity contribution in [2.45, 2.75) is 112 Å². The van der Waals surface area contributed by atoms with Crippen LogP contribution in [0.1, 0.15) is 99.8 Å². The summed E-state index contributed by atoms with van der Waals surface area (Å²) >= 11 is 0. The smallest absolute Gasteiger partial charge is 0.155 e. The number of aliphatic hydroxyl groups is 2. The highest BCUT2D eigenvalue weighted by atomic mass is 16.3. The average Bonchev–Trinajstić information content (AvgIpc) is 2.98. The zero-order valence-electron chi connectivity index (χ0n) is 22.6. The topological polar surface area (TPSA) is 74.6 Å². The Balaban J connectivity index is 1.99. The molecule has 0 amide bonds. The molecule has 0 aromatic rings. The van der Waals surface area contributed by atoms with Crippen molar-refractivity contribution in [2.75, 3.05) is 0 Å². The normalized spacial score (nSPS) is 42.4. The number of hydrogen-bond acceptors (Lipinski definition) is 4. The molecule has 0 saturated heterocycles. The zero-order valence-corrected chi connectivity index (χ0v) is 22.6. The lowest BCUT2D eigenvalue weighted by Gasteiger charge is -2.51. The summed E-state index contributed by atoms with van der Waals surface area (Å²) in [5.41, 5.74) is 1.31. The van der Waals surface area contributed by atoms with Crippen LogP contribution >= 0.6 is 0 Å². The van der Waals surface area contributed by atoms with Gasteiger partial charge in [0.15, 0.2) is 5.78 Å². The number of carbonyl (C=O) groups excluding carboxylic acids is 2. The van der Waals surface area contributed by atoms with Gasteiger partial charge >= 0.3 is 0 Å². The van der Waals surface area contributed by atoms with Gasteiger partial charge in [0.05, 0.1) is 18.1 Å². The first-order valence-electron chi connectivity index (χ1n) is 13.5. The van der Waals surface area contributed by atoms with Crippen molar-refractivity contribution in [3.05, 3.63) is 23.3 Å². The van der Waals surface area contributed by atoms with Crippen LogP contribution in [0, 0.1) is 39.9 Å². The number of allylic oxidation sites excluding steroid dienone is 2. The van der Waals surface area contributed by atoms with Gasteiger partial charge < -0.3 is 15.0 Å². The van der Waals surface area contributed by atoms with E-state index in [-0.39, 0.29) is 22.5 Å². The van der Waals surface area contributed by atoms with Gasteiger partial charge in [-0.05, 0) is 87.0 Å². The van der Waals surface area contributed by atoms with E-state index in [1.54, 1.807) is 6.08 Å². The van der Waals surface area contributed by atoms with E-state index in [1.165, 1.54) is 0 Å². The van der Waals surface area contributed by atoms with E-state index >= 15 is 0 Å². The molecule has 2 saturated carbocycles. The quantitative estimate of drug-likeness (QED) is 0.290. The maximum Gasteiger partial charge on any atom is 0.155 e. The summed E-state index contributed by atoms with van der Waals surface area (Å²) in [6, 6.07) is 0. The van der Waals surface area contributed by atoms with Gasteiger partial charge in [-0.2, -0.15) is 0 Å². The lowest BCUT2D eigenvalue weighted by molar-refractivity contribution is -0.127. The molecular formula is C30H48O4. The molecule has 5 unspecified atom stereocenters. The number of carbonyl (C=O) groups is 2. The minimum Gasteiger partial charge on any atom is -0.392 e. The van der Waals surface area contributed by atoms with Crippen LogP contribution in [0.2, 0.25) is 0 Å². The van der Waals surface area contributed by atoms with Crippen molar-refractivity contribution in [3.8, 4) is 0 Å². The van der Waals surface area contributed by atoms with Crippen molar-refractivity contribution in [1.29, 1.82) is 0 Å². The van der Waals surface area contributed by atoms with E-state index in [2.05, 4.69) is 34.6 Å². The minimum absolute atomic E-state index is 0.126. The van der Waals surface area contributed by atoms with Gasteiger partial charge in [0, 0.05) is 11.8 Å². The summed E-state index contributed by atoms with van der Waals surface area (Å²) in [4.78, 5) is 25.2. The third kappa shape index (κ3) is 4.74. The molecule has 2 N–H and O–H groups in total. The Morgan fingerprint density at radius 3 is 2.35 bits per heavy atom. The first-order valence-corrected chi connectivity index (χ1v) is 13.5. The van der Waals surface area contributed by atoms with E-state index in [9.17, 15) is 19.8 Å². The molecule has 8 atom stereocenters. The fourth-order valence-corrected chi connectivity index (χ4v) is 8.11. The van der Waals surface area contributed by atoms with Crippen molar-refractivity contribution in [1.82, 2.24) is 0 Å². The average molecular weight is 473 g/mol. The van der Waals surface area contributed by atoms with Gasteiger partial charge in [-0.15, -0.1) is 0 Å².